The van der Waals surface area contributed by atoms with Crippen LogP contribution >= 0.6 is 0 Å². The highest BCUT2D eigenvalue weighted by Gasteiger charge is 2.34. The quantitative estimate of drug-likeness (QED) is 0.453. The lowest BCUT2D eigenvalue weighted by molar-refractivity contribution is -0.137. The van der Waals surface area contributed by atoms with Gasteiger partial charge in [-0.25, -0.2) is 0 Å². The molecule has 0 amide bonds. The molecule has 2 atom stereocenters. The second-order valence-corrected chi connectivity index (χ2v) is 6.31. The molecule has 1 rings (SSSR count). The van der Waals surface area contributed by atoms with Crippen molar-refractivity contribution in [2.75, 3.05) is 0 Å². The second kappa shape index (κ2) is 10.3. The van der Waals surface area contributed by atoms with Gasteiger partial charge in [0.2, 0.25) is 0 Å². The van der Waals surface area contributed by atoms with Crippen LogP contribution in [0.25, 0.3) is 0 Å². The molecule has 1 saturated carbocycles. The summed E-state index contributed by atoms with van der Waals surface area (Å²) in [6, 6.07) is 0. The molecular formula is C17H32O2. The molecule has 0 heterocycles. The Morgan fingerprint density at radius 2 is 1.42 bits per heavy atom. The van der Waals surface area contributed by atoms with Gasteiger partial charge >= 0.3 is 5.97 Å². The lowest BCUT2D eigenvalue weighted by atomic mass is 10.0. The van der Waals surface area contributed by atoms with E-state index >= 15 is 0 Å². The predicted molar refractivity (Wildman–Crippen MR) is 80.3 cm³/mol. The topological polar surface area (TPSA) is 37.3 Å². The van der Waals surface area contributed by atoms with Gasteiger partial charge in [-0.1, -0.05) is 71.1 Å². The Hall–Kier alpha value is -0.530. The Kier molecular flexibility index (Phi) is 8.94. The van der Waals surface area contributed by atoms with Gasteiger partial charge in [-0.2, -0.15) is 0 Å². The van der Waals surface area contributed by atoms with Crippen LogP contribution in [0.4, 0.5) is 0 Å². The number of aliphatic carboxylic acids is 1. The van der Waals surface area contributed by atoms with E-state index < -0.39 is 5.97 Å². The average molecular weight is 268 g/mol. The summed E-state index contributed by atoms with van der Waals surface area (Å²) in [5.41, 5.74) is 0. The fourth-order valence-corrected chi connectivity index (χ4v) is 3.06. The van der Waals surface area contributed by atoms with Gasteiger partial charge < -0.3 is 5.11 Å². The number of rotatable bonds is 13. The van der Waals surface area contributed by atoms with Crippen molar-refractivity contribution in [3.8, 4) is 0 Å². The van der Waals surface area contributed by atoms with E-state index in [0.717, 1.165) is 24.7 Å². The van der Waals surface area contributed by atoms with Crippen LogP contribution in [0.5, 0.6) is 0 Å². The number of hydrogen-bond donors (Lipinski definition) is 1. The molecule has 0 aromatic rings. The third kappa shape index (κ3) is 9.07. The predicted octanol–water partition coefficient (Wildman–Crippen LogP) is 5.41. The van der Waals surface area contributed by atoms with Gasteiger partial charge in [-0.3, -0.25) is 4.79 Å². The second-order valence-electron chi connectivity index (χ2n) is 6.31. The molecule has 19 heavy (non-hydrogen) atoms. The lowest BCUT2D eigenvalue weighted by Gasteiger charge is -2.02. The molecule has 0 aromatic heterocycles. The van der Waals surface area contributed by atoms with Crippen molar-refractivity contribution in [2.45, 2.75) is 90.4 Å². The molecule has 0 aromatic carbocycles. The summed E-state index contributed by atoms with van der Waals surface area (Å²) < 4.78 is 0. The highest BCUT2D eigenvalue weighted by Crippen LogP contribution is 2.45. The van der Waals surface area contributed by atoms with E-state index in [1.807, 2.05) is 0 Å². The van der Waals surface area contributed by atoms with Gasteiger partial charge in [0.05, 0.1) is 0 Å². The van der Waals surface area contributed by atoms with Crippen molar-refractivity contribution >= 4 is 5.97 Å². The number of carbonyl (C=O) groups is 1. The van der Waals surface area contributed by atoms with Crippen LogP contribution in [0.15, 0.2) is 0 Å². The summed E-state index contributed by atoms with van der Waals surface area (Å²) in [7, 11) is 0. The van der Waals surface area contributed by atoms with Crippen LogP contribution < -0.4 is 0 Å². The van der Waals surface area contributed by atoms with Crippen molar-refractivity contribution in [3.05, 3.63) is 0 Å². The maximum absolute atomic E-state index is 10.4. The van der Waals surface area contributed by atoms with E-state index in [4.69, 9.17) is 5.11 Å². The first-order valence-electron chi connectivity index (χ1n) is 8.45. The first kappa shape index (κ1) is 16.5. The number of hydrogen-bond acceptors (Lipinski definition) is 1. The molecule has 0 radical (unpaired) electrons. The smallest absolute Gasteiger partial charge is 0.303 e. The number of carboxylic acid groups (broad SMARTS) is 1. The Balaban J connectivity index is 1.80. The normalized spacial score (nSPS) is 21.5. The number of carboxylic acids is 1. The molecule has 2 heteroatoms. The Bertz CT molecular complexity index is 237. The molecule has 1 fully saturated rings. The Morgan fingerprint density at radius 3 is 2.00 bits per heavy atom. The van der Waals surface area contributed by atoms with Crippen LogP contribution in [-0.2, 0) is 4.79 Å². The van der Waals surface area contributed by atoms with Crippen LogP contribution in [0.2, 0.25) is 0 Å². The van der Waals surface area contributed by atoms with Gasteiger partial charge in [0.25, 0.3) is 0 Å². The zero-order chi connectivity index (χ0) is 13.9. The Labute approximate surface area is 119 Å². The molecule has 0 saturated heterocycles. The van der Waals surface area contributed by atoms with Crippen LogP contribution in [0.3, 0.4) is 0 Å². The zero-order valence-corrected chi connectivity index (χ0v) is 12.7. The molecule has 2 nitrogen and oxygen atoms in total. The monoisotopic (exact) mass is 268 g/mol. The van der Waals surface area contributed by atoms with Crippen LogP contribution in [-0.4, -0.2) is 11.1 Å². The molecule has 0 bridgehead atoms. The summed E-state index contributed by atoms with van der Waals surface area (Å²) in [5, 5.41) is 8.55. The first-order chi connectivity index (χ1) is 9.24. The summed E-state index contributed by atoms with van der Waals surface area (Å²) in [6.45, 7) is 2.27. The summed E-state index contributed by atoms with van der Waals surface area (Å²) in [4.78, 5) is 10.4. The number of unbranched alkanes of at least 4 members (excludes halogenated alkanes) is 7. The van der Waals surface area contributed by atoms with E-state index in [-0.39, 0.29) is 0 Å². The van der Waals surface area contributed by atoms with Gasteiger partial charge in [0, 0.05) is 6.42 Å². The van der Waals surface area contributed by atoms with E-state index in [2.05, 4.69) is 6.92 Å². The van der Waals surface area contributed by atoms with Gasteiger partial charge in [0.15, 0.2) is 0 Å². The van der Waals surface area contributed by atoms with Gasteiger partial charge in [0.1, 0.15) is 0 Å². The molecule has 0 aliphatic heterocycles. The van der Waals surface area contributed by atoms with Crippen LogP contribution in [0.1, 0.15) is 90.4 Å². The van der Waals surface area contributed by atoms with Gasteiger partial charge in [-0.15, -0.1) is 0 Å². The molecule has 112 valence electrons. The van der Waals surface area contributed by atoms with E-state index in [1.165, 1.54) is 64.2 Å². The Morgan fingerprint density at radius 1 is 0.895 bits per heavy atom. The average Bonchev–Trinajstić information content (AvgIpc) is 3.11. The minimum absolute atomic E-state index is 0.353. The summed E-state index contributed by atoms with van der Waals surface area (Å²) in [5.74, 6) is 1.36. The standard InChI is InChI=1S/C17H32O2/c1-2-3-4-5-6-8-11-15-14-16(15)12-9-7-10-13-17(18)19/h15-16H,2-14H2,1H3,(H,18,19)/t15-,16+/m1/s1. The van der Waals surface area contributed by atoms with Crippen molar-refractivity contribution in [2.24, 2.45) is 11.8 Å². The van der Waals surface area contributed by atoms with Crippen molar-refractivity contribution in [1.82, 2.24) is 0 Å². The third-order valence-electron chi connectivity index (χ3n) is 4.46. The molecule has 1 aliphatic carbocycles. The minimum atomic E-state index is -0.646. The maximum Gasteiger partial charge on any atom is 0.303 e. The minimum Gasteiger partial charge on any atom is -0.481 e. The molecule has 0 spiro atoms. The van der Waals surface area contributed by atoms with E-state index in [9.17, 15) is 4.79 Å². The molecule has 1 aliphatic rings. The first-order valence-corrected chi connectivity index (χ1v) is 8.45. The maximum atomic E-state index is 10.4. The van der Waals surface area contributed by atoms with Crippen molar-refractivity contribution < 1.29 is 9.90 Å². The highest BCUT2D eigenvalue weighted by atomic mass is 16.4. The zero-order valence-electron chi connectivity index (χ0n) is 12.7. The van der Waals surface area contributed by atoms with Gasteiger partial charge in [-0.05, 0) is 24.7 Å². The summed E-state index contributed by atoms with van der Waals surface area (Å²) in [6.07, 6.45) is 16.3. The van der Waals surface area contributed by atoms with E-state index in [1.54, 1.807) is 0 Å². The van der Waals surface area contributed by atoms with Crippen molar-refractivity contribution in [1.29, 1.82) is 0 Å². The van der Waals surface area contributed by atoms with Crippen LogP contribution in [0, 0.1) is 11.8 Å². The van der Waals surface area contributed by atoms with Crippen molar-refractivity contribution in [3.63, 3.8) is 0 Å². The highest BCUT2D eigenvalue weighted by molar-refractivity contribution is 5.66. The molecule has 0 unspecified atom stereocenters. The largest absolute Gasteiger partial charge is 0.481 e. The third-order valence-corrected chi connectivity index (χ3v) is 4.46. The molecular weight excluding hydrogens is 236 g/mol. The fraction of sp³-hybridized carbons (Fsp3) is 0.941. The lowest BCUT2D eigenvalue weighted by Crippen LogP contribution is -1.93. The molecule has 1 N–H and O–H groups in total. The SMILES string of the molecule is CCCCCCCC[C@@H]1C[C@@H]1CCCCCC(=O)O. The fourth-order valence-electron chi connectivity index (χ4n) is 3.06. The van der Waals surface area contributed by atoms with E-state index in [0.29, 0.717) is 6.42 Å². The summed E-state index contributed by atoms with van der Waals surface area (Å²) >= 11 is 0.